The van der Waals surface area contributed by atoms with Crippen LogP contribution in [0, 0.1) is 5.82 Å². The fourth-order valence-electron chi connectivity index (χ4n) is 2.57. The van der Waals surface area contributed by atoms with Crippen LogP contribution in [-0.4, -0.2) is 9.97 Å². The Morgan fingerprint density at radius 1 is 1.08 bits per heavy atom. The molecular formula is C19H13FN2OS2. The molecular weight excluding hydrogens is 355 g/mol. The Labute approximate surface area is 151 Å². The number of thiophene rings is 1. The lowest BCUT2D eigenvalue weighted by Gasteiger charge is -2.03. The second kappa shape index (κ2) is 6.82. The minimum absolute atomic E-state index is 0.125. The van der Waals surface area contributed by atoms with E-state index < -0.39 is 0 Å². The molecule has 2 aromatic heterocycles. The van der Waals surface area contributed by atoms with Gasteiger partial charge in [-0.25, -0.2) is 9.37 Å². The van der Waals surface area contributed by atoms with Crippen LogP contribution in [0.3, 0.4) is 0 Å². The van der Waals surface area contributed by atoms with Crippen molar-refractivity contribution in [3.8, 4) is 11.1 Å². The average Bonchev–Trinajstić information content (AvgIpc) is 3.07. The van der Waals surface area contributed by atoms with Crippen molar-refractivity contribution in [2.75, 3.05) is 0 Å². The van der Waals surface area contributed by atoms with Crippen LogP contribution in [0.2, 0.25) is 0 Å². The van der Waals surface area contributed by atoms with Crippen molar-refractivity contribution in [1.82, 2.24) is 9.97 Å². The lowest BCUT2D eigenvalue weighted by atomic mass is 10.1. The van der Waals surface area contributed by atoms with Gasteiger partial charge in [0.2, 0.25) is 0 Å². The van der Waals surface area contributed by atoms with Crippen LogP contribution in [-0.2, 0) is 5.75 Å². The Bertz CT molecular complexity index is 1070. The summed E-state index contributed by atoms with van der Waals surface area (Å²) in [5, 5.41) is 2.60. The van der Waals surface area contributed by atoms with E-state index in [1.807, 2.05) is 35.7 Å². The van der Waals surface area contributed by atoms with E-state index in [1.165, 1.54) is 35.2 Å². The van der Waals surface area contributed by atoms with E-state index in [4.69, 9.17) is 0 Å². The Hall–Kier alpha value is -2.44. The lowest BCUT2D eigenvalue weighted by molar-refractivity contribution is 0.626. The molecule has 0 aliphatic carbocycles. The number of rotatable bonds is 4. The molecule has 25 heavy (non-hydrogen) atoms. The van der Waals surface area contributed by atoms with Gasteiger partial charge in [0.25, 0.3) is 5.56 Å². The maximum absolute atomic E-state index is 13.0. The number of thioether (sulfide) groups is 1. The van der Waals surface area contributed by atoms with Gasteiger partial charge in [-0.2, -0.15) is 0 Å². The quantitative estimate of drug-likeness (QED) is 0.511. The zero-order valence-electron chi connectivity index (χ0n) is 13.0. The van der Waals surface area contributed by atoms with Crippen LogP contribution in [0.1, 0.15) is 5.82 Å². The molecule has 2 aromatic carbocycles. The van der Waals surface area contributed by atoms with E-state index in [0.717, 1.165) is 20.9 Å². The number of hydrogen-bond donors (Lipinski definition) is 1. The highest BCUT2D eigenvalue weighted by molar-refractivity contribution is 7.98. The van der Waals surface area contributed by atoms with Crippen LogP contribution >= 0.6 is 23.1 Å². The molecule has 0 radical (unpaired) electrons. The summed E-state index contributed by atoms with van der Waals surface area (Å²) in [5.41, 5.74) is 1.79. The Morgan fingerprint density at radius 3 is 2.60 bits per heavy atom. The van der Waals surface area contributed by atoms with E-state index in [2.05, 4.69) is 9.97 Å². The summed E-state index contributed by atoms with van der Waals surface area (Å²) < 4.78 is 13.0. The summed E-state index contributed by atoms with van der Waals surface area (Å²) >= 11 is 2.98. The molecule has 4 aromatic rings. The number of nitrogens with one attached hydrogen (secondary N) is 1. The molecule has 0 amide bonds. The van der Waals surface area contributed by atoms with E-state index >= 15 is 0 Å². The minimum atomic E-state index is -0.260. The van der Waals surface area contributed by atoms with Gasteiger partial charge in [0, 0.05) is 15.8 Å². The monoisotopic (exact) mass is 368 g/mol. The smallest absolute Gasteiger partial charge is 0.260 e. The van der Waals surface area contributed by atoms with Crippen molar-refractivity contribution in [1.29, 1.82) is 0 Å². The predicted molar refractivity (Wildman–Crippen MR) is 102 cm³/mol. The predicted octanol–water partition coefficient (Wildman–Crippen LogP) is 5.08. The molecule has 0 atom stereocenters. The Morgan fingerprint density at radius 2 is 1.84 bits per heavy atom. The SMILES string of the molecule is O=c1[nH]c(CSc2ccc(F)cc2)nc2scc(-c3ccccc3)c12. The highest BCUT2D eigenvalue weighted by Crippen LogP contribution is 2.31. The fraction of sp³-hybridized carbons (Fsp3) is 0.0526. The molecule has 0 unspecified atom stereocenters. The van der Waals surface area contributed by atoms with Crippen molar-refractivity contribution in [3.05, 3.63) is 82.0 Å². The summed E-state index contributed by atoms with van der Waals surface area (Å²) in [4.78, 5) is 21.7. The van der Waals surface area contributed by atoms with E-state index in [9.17, 15) is 9.18 Å². The van der Waals surface area contributed by atoms with Crippen LogP contribution in [0.5, 0.6) is 0 Å². The van der Waals surface area contributed by atoms with Crippen LogP contribution in [0.25, 0.3) is 21.3 Å². The standard InChI is InChI=1S/C19H13FN2OS2/c20-13-6-8-14(9-7-13)24-11-16-21-18(23)17-15(10-25-19(17)22-16)12-4-2-1-3-5-12/h1-10H,11H2,(H,21,22,23). The number of nitrogens with zero attached hydrogens (tertiary/aromatic N) is 1. The van der Waals surface area contributed by atoms with Gasteiger partial charge in [-0.1, -0.05) is 30.3 Å². The zero-order chi connectivity index (χ0) is 17.2. The van der Waals surface area contributed by atoms with E-state index in [-0.39, 0.29) is 11.4 Å². The first kappa shape index (κ1) is 16.1. The molecule has 0 fully saturated rings. The van der Waals surface area contributed by atoms with Crippen LogP contribution < -0.4 is 5.56 Å². The highest BCUT2D eigenvalue weighted by Gasteiger charge is 2.12. The summed E-state index contributed by atoms with van der Waals surface area (Å²) in [6, 6.07) is 16.1. The summed E-state index contributed by atoms with van der Waals surface area (Å²) in [6.45, 7) is 0. The number of halogens is 1. The summed E-state index contributed by atoms with van der Waals surface area (Å²) in [5.74, 6) is 0.882. The maximum Gasteiger partial charge on any atom is 0.260 e. The van der Waals surface area contributed by atoms with Gasteiger partial charge in [0.05, 0.1) is 11.1 Å². The number of H-pyrrole nitrogens is 1. The van der Waals surface area contributed by atoms with Crippen molar-refractivity contribution >= 4 is 33.3 Å². The minimum Gasteiger partial charge on any atom is -0.309 e. The first-order valence-corrected chi connectivity index (χ1v) is 9.51. The third-order valence-corrected chi connectivity index (χ3v) is 5.66. The molecule has 6 heteroatoms. The second-order valence-electron chi connectivity index (χ2n) is 5.45. The molecule has 124 valence electrons. The van der Waals surface area contributed by atoms with Crippen molar-refractivity contribution in [2.45, 2.75) is 10.6 Å². The normalized spacial score (nSPS) is 11.1. The first-order chi connectivity index (χ1) is 12.2. The van der Waals surface area contributed by atoms with Gasteiger partial charge in [-0.05, 0) is 29.8 Å². The molecule has 0 aliphatic rings. The van der Waals surface area contributed by atoms with Gasteiger partial charge < -0.3 is 4.98 Å². The van der Waals surface area contributed by atoms with E-state index in [0.29, 0.717) is 17.0 Å². The molecule has 0 spiro atoms. The molecule has 1 N–H and O–H groups in total. The van der Waals surface area contributed by atoms with E-state index in [1.54, 1.807) is 12.1 Å². The third kappa shape index (κ3) is 3.36. The fourth-order valence-corrected chi connectivity index (χ4v) is 4.31. The topological polar surface area (TPSA) is 45.8 Å². The zero-order valence-corrected chi connectivity index (χ0v) is 14.7. The third-order valence-electron chi connectivity index (χ3n) is 3.77. The molecule has 4 rings (SSSR count). The van der Waals surface area contributed by atoms with Crippen LogP contribution in [0.4, 0.5) is 4.39 Å². The van der Waals surface area contributed by atoms with Crippen molar-refractivity contribution in [2.24, 2.45) is 0 Å². The molecule has 2 heterocycles. The average molecular weight is 368 g/mol. The second-order valence-corrected chi connectivity index (χ2v) is 7.36. The highest BCUT2D eigenvalue weighted by atomic mass is 32.2. The molecule has 0 bridgehead atoms. The van der Waals surface area contributed by atoms with Crippen molar-refractivity contribution < 1.29 is 4.39 Å². The van der Waals surface area contributed by atoms with Gasteiger partial charge in [0.15, 0.2) is 0 Å². The van der Waals surface area contributed by atoms with Crippen LogP contribution in [0.15, 0.2) is 69.7 Å². The molecule has 3 nitrogen and oxygen atoms in total. The molecule has 0 saturated heterocycles. The Balaban J connectivity index is 1.64. The first-order valence-electron chi connectivity index (χ1n) is 7.65. The van der Waals surface area contributed by atoms with Gasteiger partial charge in [0.1, 0.15) is 16.5 Å². The molecule has 0 aliphatic heterocycles. The van der Waals surface area contributed by atoms with Gasteiger partial charge in [-0.3, -0.25) is 4.79 Å². The Kier molecular flexibility index (Phi) is 4.38. The number of hydrogen-bond acceptors (Lipinski definition) is 4. The number of aromatic amines is 1. The molecule has 0 saturated carbocycles. The summed E-state index contributed by atoms with van der Waals surface area (Å²) in [6.07, 6.45) is 0. The number of benzene rings is 2. The van der Waals surface area contributed by atoms with Gasteiger partial charge in [-0.15, -0.1) is 23.1 Å². The maximum atomic E-state index is 13.0. The lowest BCUT2D eigenvalue weighted by Crippen LogP contribution is -2.10. The number of aromatic nitrogens is 2. The van der Waals surface area contributed by atoms with Gasteiger partial charge >= 0.3 is 0 Å². The number of fused-ring (bicyclic) bond motifs is 1. The van der Waals surface area contributed by atoms with Crippen molar-refractivity contribution in [3.63, 3.8) is 0 Å². The summed E-state index contributed by atoms with van der Waals surface area (Å²) in [7, 11) is 0. The largest absolute Gasteiger partial charge is 0.309 e.